The topological polar surface area (TPSA) is 81.4 Å². The van der Waals surface area contributed by atoms with Crippen molar-refractivity contribution in [3.05, 3.63) is 0 Å². The van der Waals surface area contributed by atoms with Crippen molar-refractivity contribution in [3.63, 3.8) is 0 Å². The Hall–Kier alpha value is -1.57. The Labute approximate surface area is 88.3 Å². The van der Waals surface area contributed by atoms with Crippen molar-refractivity contribution in [1.82, 2.24) is 4.90 Å². The molecular formula is C10H14N2O3. The fraction of sp³-hybridized carbons (Fsp3) is 0.700. The third kappa shape index (κ3) is 2.69. The number of aliphatic carboxylic acids is 1. The number of likely N-dealkylation sites (tertiary alicyclic amines) is 1. The van der Waals surface area contributed by atoms with Gasteiger partial charge in [-0.05, 0) is 18.8 Å². The molecule has 1 amide bonds. The van der Waals surface area contributed by atoms with Crippen molar-refractivity contribution in [2.45, 2.75) is 19.8 Å². The van der Waals surface area contributed by atoms with Gasteiger partial charge in [-0.25, -0.2) is 0 Å². The number of hydrogen-bond acceptors (Lipinski definition) is 3. The summed E-state index contributed by atoms with van der Waals surface area (Å²) >= 11 is 0. The standard InChI is InChI=1S/C10H14N2O3/c1-7(13)12-4-2-8(3-5-12)9(6-11)10(14)15/h8-9H,2-5H2,1H3,(H,14,15). The van der Waals surface area contributed by atoms with Crippen LogP contribution in [0.25, 0.3) is 0 Å². The molecule has 1 atom stereocenters. The Balaban J connectivity index is 2.53. The summed E-state index contributed by atoms with van der Waals surface area (Å²) in [5, 5.41) is 17.5. The van der Waals surface area contributed by atoms with Gasteiger partial charge in [0.05, 0.1) is 6.07 Å². The van der Waals surface area contributed by atoms with Gasteiger partial charge < -0.3 is 10.0 Å². The molecule has 1 saturated heterocycles. The number of nitrogens with zero attached hydrogens (tertiary/aromatic N) is 2. The van der Waals surface area contributed by atoms with Gasteiger partial charge in [0.15, 0.2) is 0 Å². The van der Waals surface area contributed by atoms with Crippen molar-refractivity contribution in [3.8, 4) is 6.07 Å². The van der Waals surface area contributed by atoms with E-state index in [9.17, 15) is 9.59 Å². The van der Waals surface area contributed by atoms with E-state index in [1.165, 1.54) is 6.92 Å². The highest BCUT2D eigenvalue weighted by atomic mass is 16.4. The maximum absolute atomic E-state index is 11.0. The molecule has 0 radical (unpaired) electrons. The highest BCUT2D eigenvalue weighted by Gasteiger charge is 2.31. The van der Waals surface area contributed by atoms with Crippen LogP contribution in [0.4, 0.5) is 0 Å². The van der Waals surface area contributed by atoms with Crippen LogP contribution in [0.15, 0.2) is 0 Å². The maximum Gasteiger partial charge on any atom is 0.321 e. The number of piperidine rings is 1. The molecule has 0 bridgehead atoms. The average Bonchev–Trinajstić information content (AvgIpc) is 2.19. The lowest BCUT2D eigenvalue weighted by Crippen LogP contribution is -2.40. The third-order valence-corrected chi connectivity index (χ3v) is 2.86. The van der Waals surface area contributed by atoms with E-state index in [1.54, 1.807) is 4.90 Å². The van der Waals surface area contributed by atoms with Crippen LogP contribution in [0.5, 0.6) is 0 Å². The Morgan fingerprint density at radius 2 is 2.00 bits per heavy atom. The van der Waals surface area contributed by atoms with Crippen LogP contribution in [0.1, 0.15) is 19.8 Å². The van der Waals surface area contributed by atoms with Gasteiger partial charge >= 0.3 is 5.97 Å². The second-order valence-corrected chi connectivity index (χ2v) is 3.79. The second-order valence-electron chi connectivity index (χ2n) is 3.79. The number of carbonyl (C=O) groups is 2. The van der Waals surface area contributed by atoms with Gasteiger partial charge in [0.25, 0.3) is 0 Å². The predicted molar refractivity (Wildman–Crippen MR) is 51.7 cm³/mol. The molecular weight excluding hydrogens is 196 g/mol. The van der Waals surface area contributed by atoms with Gasteiger partial charge in [-0.2, -0.15) is 5.26 Å². The predicted octanol–water partition coefficient (Wildman–Crippen LogP) is 0.469. The Morgan fingerprint density at radius 1 is 1.47 bits per heavy atom. The minimum atomic E-state index is -1.06. The van der Waals surface area contributed by atoms with E-state index in [2.05, 4.69) is 0 Å². The number of carbonyl (C=O) groups excluding carboxylic acids is 1. The average molecular weight is 210 g/mol. The smallest absolute Gasteiger partial charge is 0.321 e. The van der Waals surface area contributed by atoms with Gasteiger partial charge in [-0.3, -0.25) is 9.59 Å². The molecule has 1 aliphatic heterocycles. The fourth-order valence-corrected chi connectivity index (χ4v) is 1.91. The first-order valence-corrected chi connectivity index (χ1v) is 4.94. The molecule has 1 unspecified atom stereocenters. The zero-order valence-electron chi connectivity index (χ0n) is 8.64. The summed E-state index contributed by atoms with van der Waals surface area (Å²) < 4.78 is 0. The van der Waals surface area contributed by atoms with E-state index >= 15 is 0 Å². The molecule has 1 heterocycles. The molecule has 0 aromatic heterocycles. The summed E-state index contributed by atoms with van der Waals surface area (Å²) in [6.07, 6.45) is 1.20. The van der Waals surface area contributed by atoms with Crippen LogP contribution in [0.3, 0.4) is 0 Å². The largest absolute Gasteiger partial charge is 0.480 e. The first kappa shape index (κ1) is 11.5. The van der Waals surface area contributed by atoms with Gasteiger partial charge in [0.2, 0.25) is 5.91 Å². The van der Waals surface area contributed by atoms with Crippen LogP contribution < -0.4 is 0 Å². The quantitative estimate of drug-likeness (QED) is 0.718. The third-order valence-electron chi connectivity index (χ3n) is 2.86. The molecule has 1 N–H and O–H groups in total. The number of carboxylic acids is 1. The minimum absolute atomic E-state index is 0.0114. The van der Waals surface area contributed by atoms with E-state index < -0.39 is 11.9 Å². The summed E-state index contributed by atoms with van der Waals surface area (Å²) in [7, 11) is 0. The Kier molecular flexibility index (Phi) is 3.67. The second kappa shape index (κ2) is 4.78. The van der Waals surface area contributed by atoms with Crippen LogP contribution in [0, 0.1) is 23.2 Å². The lowest BCUT2D eigenvalue weighted by Gasteiger charge is -2.32. The maximum atomic E-state index is 11.0. The Bertz CT molecular complexity index is 300. The van der Waals surface area contributed by atoms with Crippen molar-refractivity contribution < 1.29 is 14.7 Å². The van der Waals surface area contributed by atoms with Crippen LogP contribution in [0.2, 0.25) is 0 Å². The van der Waals surface area contributed by atoms with Crippen molar-refractivity contribution >= 4 is 11.9 Å². The molecule has 0 aromatic rings. The van der Waals surface area contributed by atoms with E-state index in [0.29, 0.717) is 25.9 Å². The summed E-state index contributed by atoms with van der Waals surface area (Å²) in [5.41, 5.74) is 0. The first-order valence-electron chi connectivity index (χ1n) is 4.94. The first-order chi connectivity index (χ1) is 7.06. The lowest BCUT2D eigenvalue weighted by molar-refractivity contribution is -0.142. The number of amides is 1. The summed E-state index contributed by atoms with van der Waals surface area (Å²) in [4.78, 5) is 23.5. The fourth-order valence-electron chi connectivity index (χ4n) is 1.91. The molecule has 5 heteroatoms. The van der Waals surface area contributed by atoms with Crippen molar-refractivity contribution in [2.24, 2.45) is 11.8 Å². The van der Waals surface area contributed by atoms with E-state index in [4.69, 9.17) is 10.4 Å². The van der Waals surface area contributed by atoms with Crippen molar-refractivity contribution in [2.75, 3.05) is 13.1 Å². The summed E-state index contributed by atoms with van der Waals surface area (Å²) in [5.74, 6) is -2.10. The van der Waals surface area contributed by atoms with Crippen LogP contribution >= 0.6 is 0 Å². The van der Waals surface area contributed by atoms with E-state index in [-0.39, 0.29) is 11.8 Å². The molecule has 0 spiro atoms. The highest BCUT2D eigenvalue weighted by Crippen LogP contribution is 2.24. The number of carboxylic acid groups (broad SMARTS) is 1. The molecule has 15 heavy (non-hydrogen) atoms. The molecule has 82 valence electrons. The van der Waals surface area contributed by atoms with Crippen molar-refractivity contribution in [1.29, 1.82) is 5.26 Å². The van der Waals surface area contributed by atoms with Crippen LogP contribution in [-0.4, -0.2) is 35.0 Å². The van der Waals surface area contributed by atoms with Gasteiger partial charge in [-0.15, -0.1) is 0 Å². The van der Waals surface area contributed by atoms with Gasteiger partial charge in [0.1, 0.15) is 5.92 Å². The summed E-state index contributed by atoms with van der Waals surface area (Å²) in [6.45, 7) is 2.62. The monoisotopic (exact) mass is 210 g/mol. The zero-order valence-corrected chi connectivity index (χ0v) is 8.64. The molecule has 0 aliphatic carbocycles. The number of nitriles is 1. The molecule has 0 aromatic carbocycles. The molecule has 1 rings (SSSR count). The normalized spacial score (nSPS) is 19.3. The molecule has 1 fully saturated rings. The number of hydrogen-bond donors (Lipinski definition) is 1. The zero-order chi connectivity index (χ0) is 11.4. The number of rotatable bonds is 2. The Morgan fingerprint density at radius 3 is 2.33 bits per heavy atom. The molecule has 1 aliphatic rings. The molecule has 0 saturated carbocycles. The summed E-state index contributed by atoms with van der Waals surface area (Å²) in [6, 6.07) is 1.81. The van der Waals surface area contributed by atoms with E-state index in [1.807, 2.05) is 6.07 Å². The minimum Gasteiger partial charge on any atom is -0.480 e. The molecule has 5 nitrogen and oxygen atoms in total. The highest BCUT2D eigenvalue weighted by molar-refractivity contribution is 5.74. The van der Waals surface area contributed by atoms with Crippen LogP contribution in [-0.2, 0) is 9.59 Å². The lowest BCUT2D eigenvalue weighted by atomic mass is 9.85. The SMILES string of the molecule is CC(=O)N1CCC(C(C#N)C(=O)O)CC1. The van der Waals surface area contributed by atoms with E-state index in [0.717, 1.165) is 0 Å². The van der Waals surface area contributed by atoms with Gasteiger partial charge in [-0.1, -0.05) is 0 Å². The van der Waals surface area contributed by atoms with Gasteiger partial charge in [0, 0.05) is 20.0 Å².